The van der Waals surface area contributed by atoms with Gasteiger partial charge in [0.2, 0.25) is 0 Å². The fourth-order valence-corrected chi connectivity index (χ4v) is 2.07. The molecule has 0 saturated heterocycles. The summed E-state index contributed by atoms with van der Waals surface area (Å²) >= 11 is 0. The highest BCUT2D eigenvalue weighted by Gasteiger charge is 2.07. The van der Waals surface area contributed by atoms with Crippen LogP contribution >= 0.6 is 0 Å². The standard InChI is InChI=1S/C18H16N2O2/c1-20-12-11-14(13-20)18(21)19-15-7-9-17(10-8-15)22-16-5-3-2-4-6-16/h2-13H,1H3,(H,19,21). The van der Waals surface area contributed by atoms with Crippen LogP contribution in [0.15, 0.2) is 73.1 Å². The van der Waals surface area contributed by atoms with Crippen LogP contribution in [0.1, 0.15) is 10.4 Å². The van der Waals surface area contributed by atoms with Crippen LogP contribution in [0.3, 0.4) is 0 Å². The van der Waals surface area contributed by atoms with Gasteiger partial charge in [0.05, 0.1) is 5.56 Å². The Morgan fingerprint density at radius 3 is 2.27 bits per heavy atom. The Morgan fingerprint density at radius 2 is 1.64 bits per heavy atom. The van der Waals surface area contributed by atoms with E-state index in [9.17, 15) is 4.79 Å². The molecule has 0 aliphatic rings. The van der Waals surface area contributed by atoms with Crippen LogP contribution in [0.2, 0.25) is 0 Å². The Balaban J connectivity index is 1.65. The number of anilines is 1. The molecule has 1 amide bonds. The summed E-state index contributed by atoms with van der Waals surface area (Å²) < 4.78 is 7.55. The molecule has 0 radical (unpaired) electrons. The molecule has 2 aromatic carbocycles. The monoisotopic (exact) mass is 292 g/mol. The normalized spacial score (nSPS) is 10.2. The van der Waals surface area contributed by atoms with E-state index in [1.165, 1.54) is 0 Å². The van der Waals surface area contributed by atoms with Crippen LogP contribution in [0.5, 0.6) is 11.5 Å². The van der Waals surface area contributed by atoms with Crippen LogP contribution < -0.4 is 10.1 Å². The fraction of sp³-hybridized carbons (Fsp3) is 0.0556. The summed E-state index contributed by atoms with van der Waals surface area (Å²) in [6.45, 7) is 0. The highest BCUT2D eigenvalue weighted by Crippen LogP contribution is 2.22. The van der Waals surface area contributed by atoms with Crippen molar-refractivity contribution < 1.29 is 9.53 Å². The third-order valence-corrected chi connectivity index (χ3v) is 3.19. The van der Waals surface area contributed by atoms with Crippen molar-refractivity contribution in [3.63, 3.8) is 0 Å². The molecule has 4 heteroatoms. The number of rotatable bonds is 4. The first-order valence-electron chi connectivity index (χ1n) is 6.97. The van der Waals surface area contributed by atoms with Gasteiger partial charge in [-0.1, -0.05) is 18.2 Å². The summed E-state index contributed by atoms with van der Waals surface area (Å²) in [4.78, 5) is 12.0. The zero-order valence-electron chi connectivity index (χ0n) is 12.2. The number of benzene rings is 2. The largest absolute Gasteiger partial charge is 0.457 e. The number of ether oxygens (including phenoxy) is 1. The molecule has 1 heterocycles. The van der Waals surface area contributed by atoms with E-state index < -0.39 is 0 Å². The maximum absolute atomic E-state index is 12.0. The van der Waals surface area contributed by atoms with Gasteiger partial charge < -0.3 is 14.6 Å². The molecular weight excluding hydrogens is 276 g/mol. The predicted octanol–water partition coefficient (Wildman–Crippen LogP) is 4.07. The van der Waals surface area contributed by atoms with Gasteiger partial charge in [-0.05, 0) is 42.5 Å². The summed E-state index contributed by atoms with van der Waals surface area (Å²) in [5.41, 5.74) is 1.36. The van der Waals surface area contributed by atoms with E-state index >= 15 is 0 Å². The zero-order chi connectivity index (χ0) is 15.4. The van der Waals surface area contributed by atoms with E-state index in [2.05, 4.69) is 5.32 Å². The fourth-order valence-electron chi connectivity index (χ4n) is 2.07. The molecule has 1 N–H and O–H groups in total. The summed E-state index contributed by atoms with van der Waals surface area (Å²) in [5.74, 6) is 1.38. The Kier molecular flexibility index (Phi) is 3.92. The topological polar surface area (TPSA) is 43.3 Å². The van der Waals surface area contributed by atoms with Crippen LogP contribution in [0.4, 0.5) is 5.69 Å². The lowest BCUT2D eigenvalue weighted by molar-refractivity contribution is 0.102. The Morgan fingerprint density at radius 1 is 0.955 bits per heavy atom. The number of carbonyl (C=O) groups is 1. The number of amides is 1. The number of hydrogen-bond donors (Lipinski definition) is 1. The van der Waals surface area contributed by atoms with Crippen molar-refractivity contribution in [3.8, 4) is 11.5 Å². The van der Waals surface area contributed by atoms with Crippen LogP contribution in [-0.4, -0.2) is 10.5 Å². The molecule has 3 aromatic rings. The molecule has 0 aliphatic carbocycles. The summed E-state index contributed by atoms with van der Waals surface area (Å²) in [6, 6.07) is 18.6. The molecule has 3 rings (SSSR count). The minimum Gasteiger partial charge on any atom is -0.457 e. The predicted molar refractivity (Wildman–Crippen MR) is 86.3 cm³/mol. The van der Waals surface area contributed by atoms with Crippen molar-refractivity contribution >= 4 is 11.6 Å². The molecule has 0 unspecified atom stereocenters. The van der Waals surface area contributed by atoms with E-state index in [-0.39, 0.29) is 5.91 Å². The molecule has 4 nitrogen and oxygen atoms in total. The number of nitrogens with one attached hydrogen (secondary N) is 1. The van der Waals surface area contributed by atoms with Gasteiger partial charge in [-0.25, -0.2) is 0 Å². The molecule has 0 saturated carbocycles. The van der Waals surface area contributed by atoms with Gasteiger partial charge in [-0.3, -0.25) is 4.79 Å². The number of para-hydroxylation sites is 1. The van der Waals surface area contributed by atoms with Gasteiger partial charge in [0.15, 0.2) is 0 Å². The van der Waals surface area contributed by atoms with Gasteiger partial charge in [0, 0.05) is 25.1 Å². The van der Waals surface area contributed by atoms with Gasteiger partial charge in [0.25, 0.3) is 5.91 Å². The molecule has 0 aliphatic heterocycles. The van der Waals surface area contributed by atoms with Gasteiger partial charge in [-0.2, -0.15) is 0 Å². The van der Waals surface area contributed by atoms with E-state index in [1.807, 2.05) is 72.4 Å². The van der Waals surface area contributed by atoms with E-state index in [0.29, 0.717) is 5.56 Å². The quantitative estimate of drug-likeness (QED) is 0.787. The molecule has 0 atom stereocenters. The number of hydrogen-bond acceptors (Lipinski definition) is 2. The molecule has 22 heavy (non-hydrogen) atoms. The second-order valence-electron chi connectivity index (χ2n) is 4.96. The average molecular weight is 292 g/mol. The number of carbonyl (C=O) groups excluding carboxylic acids is 1. The maximum atomic E-state index is 12.0. The molecule has 0 fully saturated rings. The lowest BCUT2D eigenvalue weighted by atomic mass is 10.2. The van der Waals surface area contributed by atoms with E-state index in [4.69, 9.17) is 4.74 Å². The minimum absolute atomic E-state index is 0.127. The Labute approximate surface area is 129 Å². The second-order valence-corrected chi connectivity index (χ2v) is 4.96. The highest BCUT2D eigenvalue weighted by atomic mass is 16.5. The number of aromatic nitrogens is 1. The van der Waals surface area contributed by atoms with Gasteiger partial charge in [0.1, 0.15) is 11.5 Å². The van der Waals surface area contributed by atoms with Crippen LogP contribution in [-0.2, 0) is 7.05 Å². The van der Waals surface area contributed by atoms with Crippen LogP contribution in [0, 0.1) is 0 Å². The minimum atomic E-state index is -0.127. The molecule has 1 aromatic heterocycles. The van der Waals surface area contributed by atoms with Crippen molar-refractivity contribution in [2.24, 2.45) is 7.05 Å². The second kappa shape index (κ2) is 6.18. The van der Waals surface area contributed by atoms with Crippen molar-refractivity contribution in [2.75, 3.05) is 5.32 Å². The Hall–Kier alpha value is -3.01. The van der Waals surface area contributed by atoms with Crippen LogP contribution in [0.25, 0.3) is 0 Å². The molecule has 110 valence electrons. The van der Waals surface area contributed by atoms with Gasteiger partial charge in [-0.15, -0.1) is 0 Å². The SMILES string of the molecule is Cn1ccc(C(=O)Nc2ccc(Oc3ccccc3)cc2)c1. The van der Waals surface area contributed by atoms with Crippen molar-refractivity contribution in [3.05, 3.63) is 78.6 Å². The zero-order valence-corrected chi connectivity index (χ0v) is 12.2. The molecular formula is C18H16N2O2. The lowest BCUT2D eigenvalue weighted by Crippen LogP contribution is -2.10. The van der Waals surface area contributed by atoms with Crippen molar-refractivity contribution in [1.82, 2.24) is 4.57 Å². The third kappa shape index (κ3) is 3.35. The third-order valence-electron chi connectivity index (χ3n) is 3.19. The first-order chi connectivity index (χ1) is 10.7. The first-order valence-corrected chi connectivity index (χ1v) is 6.97. The lowest BCUT2D eigenvalue weighted by Gasteiger charge is -2.07. The van der Waals surface area contributed by atoms with E-state index in [0.717, 1.165) is 17.2 Å². The van der Waals surface area contributed by atoms with Gasteiger partial charge >= 0.3 is 0 Å². The smallest absolute Gasteiger partial charge is 0.257 e. The molecule has 0 spiro atoms. The number of aryl methyl sites for hydroxylation is 1. The Bertz CT molecular complexity index is 761. The highest BCUT2D eigenvalue weighted by molar-refractivity contribution is 6.04. The first kappa shape index (κ1) is 13.9. The van der Waals surface area contributed by atoms with Crippen molar-refractivity contribution in [1.29, 1.82) is 0 Å². The summed E-state index contributed by atoms with van der Waals surface area (Å²) in [7, 11) is 1.88. The number of nitrogens with zero attached hydrogens (tertiary/aromatic N) is 1. The summed E-state index contributed by atoms with van der Waals surface area (Å²) in [6.07, 6.45) is 3.62. The average Bonchev–Trinajstić information content (AvgIpc) is 2.97. The van der Waals surface area contributed by atoms with E-state index in [1.54, 1.807) is 12.3 Å². The molecule has 0 bridgehead atoms. The maximum Gasteiger partial charge on any atom is 0.257 e. The van der Waals surface area contributed by atoms with Crippen molar-refractivity contribution in [2.45, 2.75) is 0 Å². The summed E-state index contributed by atoms with van der Waals surface area (Å²) in [5, 5.41) is 2.85.